The van der Waals surface area contributed by atoms with Crippen LogP contribution in [0.2, 0.25) is 0 Å². The molecule has 0 aromatic heterocycles. The quantitative estimate of drug-likeness (QED) is 0.559. The van der Waals surface area contributed by atoms with Crippen LogP contribution in [0.25, 0.3) is 0 Å². The maximum absolute atomic E-state index is 6.21. The van der Waals surface area contributed by atoms with Gasteiger partial charge in [-0.2, -0.15) is 0 Å². The Hall–Kier alpha value is -1.13. The van der Waals surface area contributed by atoms with E-state index in [0.717, 1.165) is 17.7 Å². The molecule has 1 aliphatic carbocycles. The van der Waals surface area contributed by atoms with Crippen LogP contribution in [0.1, 0.15) is 51.0 Å². The van der Waals surface area contributed by atoms with E-state index in [4.69, 9.17) is 16.3 Å². The summed E-state index contributed by atoms with van der Waals surface area (Å²) >= 11 is 5.63. The van der Waals surface area contributed by atoms with Crippen LogP contribution in [0.15, 0.2) is 24.3 Å². The van der Waals surface area contributed by atoms with Gasteiger partial charge in [0.25, 0.3) is 0 Å². The highest BCUT2D eigenvalue weighted by Gasteiger charge is 2.25. The normalized spacial score (nSPS) is 21.9. The van der Waals surface area contributed by atoms with Gasteiger partial charge in [-0.05, 0) is 49.8 Å². The average molecular weight is 291 g/mol. The van der Waals surface area contributed by atoms with Crippen LogP contribution in [0.4, 0.5) is 0 Å². The molecule has 1 aromatic rings. The van der Waals surface area contributed by atoms with Crippen LogP contribution in [-0.2, 0) is 0 Å². The van der Waals surface area contributed by atoms with Gasteiger partial charge in [-0.3, -0.25) is 0 Å². The minimum atomic E-state index is 0.375. The van der Waals surface area contributed by atoms with Gasteiger partial charge >= 0.3 is 0 Å². The Labute approximate surface area is 127 Å². The molecule has 1 aromatic carbocycles. The lowest BCUT2D eigenvalue weighted by atomic mass is 9.85. The number of ether oxygens (including phenoxy) is 1. The second-order valence-electron chi connectivity index (χ2n) is 5.38. The van der Waals surface area contributed by atoms with E-state index in [0.29, 0.717) is 17.9 Å². The molecule has 108 valence electrons. The maximum atomic E-state index is 6.21. The van der Waals surface area contributed by atoms with E-state index < -0.39 is 0 Å². The predicted molar refractivity (Wildman–Crippen MR) is 85.3 cm³/mol. The van der Waals surface area contributed by atoms with Crippen molar-refractivity contribution in [1.29, 1.82) is 0 Å². The Morgan fingerprint density at radius 2 is 2.15 bits per heavy atom. The molecule has 2 unspecified atom stereocenters. The highest BCUT2D eigenvalue weighted by atomic mass is 35.5. The Bertz CT molecular complexity index is 472. The molecule has 1 saturated carbocycles. The molecular weight excluding hydrogens is 268 g/mol. The number of benzene rings is 1. The molecule has 1 nitrogen and oxygen atoms in total. The molecule has 0 heterocycles. The van der Waals surface area contributed by atoms with E-state index in [9.17, 15) is 0 Å². The van der Waals surface area contributed by atoms with Crippen molar-refractivity contribution in [2.75, 3.05) is 5.88 Å². The van der Waals surface area contributed by atoms with Crippen molar-refractivity contribution in [3.05, 3.63) is 29.8 Å². The number of rotatable bonds is 4. The van der Waals surface area contributed by atoms with Crippen molar-refractivity contribution in [2.45, 2.75) is 51.6 Å². The topological polar surface area (TPSA) is 9.23 Å². The number of hydrogen-bond acceptors (Lipinski definition) is 1. The van der Waals surface area contributed by atoms with Crippen LogP contribution in [0, 0.1) is 17.8 Å². The Morgan fingerprint density at radius 3 is 2.95 bits per heavy atom. The average Bonchev–Trinajstić information content (AvgIpc) is 2.48. The highest BCUT2D eigenvalue weighted by Crippen LogP contribution is 2.30. The number of hydrogen-bond donors (Lipinski definition) is 0. The van der Waals surface area contributed by atoms with Crippen molar-refractivity contribution in [2.24, 2.45) is 5.92 Å². The molecule has 2 atom stereocenters. The molecule has 20 heavy (non-hydrogen) atoms. The number of halogens is 1. The molecule has 0 spiro atoms. The molecule has 0 saturated heterocycles. The molecule has 0 amide bonds. The van der Waals surface area contributed by atoms with E-state index in [1.807, 2.05) is 24.3 Å². The summed E-state index contributed by atoms with van der Waals surface area (Å²) in [5.74, 6) is 8.44. The van der Waals surface area contributed by atoms with Gasteiger partial charge in [-0.15, -0.1) is 11.6 Å². The van der Waals surface area contributed by atoms with E-state index in [1.165, 1.54) is 32.1 Å². The molecule has 0 radical (unpaired) electrons. The summed E-state index contributed by atoms with van der Waals surface area (Å²) < 4.78 is 6.21. The van der Waals surface area contributed by atoms with Crippen LogP contribution in [0.3, 0.4) is 0 Å². The van der Waals surface area contributed by atoms with Gasteiger partial charge in [0.2, 0.25) is 0 Å². The third-order valence-electron chi connectivity index (χ3n) is 3.94. The minimum absolute atomic E-state index is 0.375. The lowest BCUT2D eigenvalue weighted by Crippen LogP contribution is -2.29. The van der Waals surface area contributed by atoms with Crippen LogP contribution in [-0.4, -0.2) is 12.0 Å². The summed E-state index contributed by atoms with van der Waals surface area (Å²) in [4.78, 5) is 0. The second kappa shape index (κ2) is 8.22. The first kappa shape index (κ1) is 15.3. The fourth-order valence-corrected chi connectivity index (χ4v) is 2.92. The lowest BCUT2D eigenvalue weighted by Gasteiger charge is -2.31. The third kappa shape index (κ3) is 4.46. The smallest absolute Gasteiger partial charge is 0.120 e. The van der Waals surface area contributed by atoms with Crippen molar-refractivity contribution in [3.63, 3.8) is 0 Å². The largest absolute Gasteiger partial charge is 0.490 e. The summed E-state index contributed by atoms with van der Waals surface area (Å²) in [5.41, 5.74) is 1.01. The summed E-state index contributed by atoms with van der Waals surface area (Å²) in [5, 5.41) is 0. The molecule has 0 aliphatic heterocycles. The minimum Gasteiger partial charge on any atom is -0.490 e. The van der Waals surface area contributed by atoms with Gasteiger partial charge < -0.3 is 4.74 Å². The molecule has 0 bridgehead atoms. The molecule has 2 rings (SSSR count). The van der Waals surface area contributed by atoms with Gasteiger partial charge in [-0.1, -0.05) is 31.3 Å². The first-order valence-corrected chi connectivity index (χ1v) is 8.18. The van der Waals surface area contributed by atoms with Crippen LogP contribution < -0.4 is 4.74 Å². The molecule has 1 aliphatic rings. The zero-order valence-corrected chi connectivity index (χ0v) is 13.0. The van der Waals surface area contributed by atoms with Gasteiger partial charge in [0.05, 0.1) is 0 Å². The fourth-order valence-electron chi connectivity index (χ4n) is 2.83. The summed E-state index contributed by atoms with van der Waals surface area (Å²) in [6.45, 7) is 2.26. The fraction of sp³-hybridized carbons (Fsp3) is 0.556. The lowest BCUT2D eigenvalue weighted by molar-refractivity contribution is 0.0904. The van der Waals surface area contributed by atoms with E-state index >= 15 is 0 Å². The van der Waals surface area contributed by atoms with Gasteiger partial charge in [0.1, 0.15) is 11.9 Å². The molecule has 0 N–H and O–H groups in total. The number of alkyl halides is 1. The summed E-state index contributed by atoms with van der Waals surface area (Å²) in [6.07, 6.45) is 7.43. The molecule has 1 fully saturated rings. The standard InChI is InChI=1S/C18H23ClO/c1-2-16-10-3-4-12-18(16)20-17-11-7-9-15(14-17)8-5-6-13-19/h7,9,11,14,16,18H,2-4,6,10,12-13H2,1H3. The zero-order chi connectivity index (χ0) is 14.2. The van der Waals surface area contributed by atoms with Crippen molar-refractivity contribution < 1.29 is 4.74 Å². The summed E-state index contributed by atoms with van der Waals surface area (Å²) in [6, 6.07) is 8.12. The van der Waals surface area contributed by atoms with Crippen LogP contribution >= 0.6 is 11.6 Å². The van der Waals surface area contributed by atoms with Gasteiger partial charge in [-0.25, -0.2) is 0 Å². The first-order valence-electron chi connectivity index (χ1n) is 7.65. The highest BCUT2D eigenvalue weighted by molar-refractivity contribution is 6.18. The van der Waals surface area contributed by atoms with Gasteiger partial charge in [0, 0.05) is 17.9 Å². The summed E-state index contributed by atoms with van der Waals surface area (Å²) in [7, 11) is 0. The van der Waals surface area contributed by atoms with Crippen molar-refractivity contribution in [1.82, 2.24) is 0 Å². The zero-order valence-electron chi connectivity index (χ0n) is 12.2. The monoisotopic (exact) mass is 290 g/mol. The van der Waals surface area contributed by atoms with Gasteiger partial charge in [0.15, 0.2) is 0 Å². The SMILES string of the molecule is CCC1CCCCC1Oc1cccc(C#CCCCl)c1. The third-order valence-corrected chi connectivity index (χ3v) is 4.13. The van der Waals surface area contributed by atoms with E-state index in [1.54, 1.807) is 0 Å². The Morgan fingerprint density at radius 1 is 1.30 bits per heavy atom. The maximum Gasteiger partial charge on any atom is 0.120 e. The van der Waals surface area contributed by atoms with Crippen LogP contribution in [0.5, 0.6) is 5.75 Å². The van der Waals surface area contributed by atoms with E-state index in [-0.39, 0.29) is 0 Å². The molecule has 2 heteroatoms. The Balaban J connectivity index is 2.02. The second-order valence-corrected chi connectivity index (χ2v) is 5.76. The molecular formula is C18H23ClO. The van der Waals surface area contributed by atoms with Crippen molar-refractivity contribution >= 4 is 11.6 Å². The van der Waals surface area contributed by atoms with Crippen molar-refractivity contribution in [3.8, 4) is 17.6 Å². The van der Waals surface area contributed by atoms with E-state index in [2.05, 4.69) is 18.8 Å². The first-order chi connectivity index (χ1) is 9.83. The Kier molecular flexibility index (Phi) is 6.27. The predicted octanol–water partition coefficient (Wildman–Crippen LogP) is 5.01.